The fourth-order valence-corrected chi connectivity index (χ4v) is 5.87. The molecule has 1 atom stereocenters. The summed E-state index contributed by atoms with van der Waals surface area (Å²) in [6.07, 6.45) is -3.79. The van der Waals surface area contributed by atoms with Crippen LogP contribution in [0.1, 0.15) is 43.3 Å². The van der Waals surface area contributed by atoms with Crippen LogP contribution in [0, 0.1) is 0 Å². The molecule has 0 aliphatic heterocycles. The second-order valence-electron chi connectivity index (χ2n) is 6.84. The number of carbonyl (C=O) groups is 4. The summed E-state index contributed by atoms with van der Waals surface area (Å²) in [6.45, 7) is 1.65. The van der Waals surface area contributed by atoms with Gasteiger partial charge in [-0.25, -0.2) is 0 Å². The molecule has 7 N–H and O–H groups in total. The van der Waals surface area contributed by atoms with E-state index in [2.05, 4.69) is 5.32 Å². The first-order valence-corrected chi connectivity index (χ1v) is 10.7. The number of nitrogens with two attached hydrogens (primary N) is 1. The van der Waals surface area contributed by atoms with Crippen molar-refractivity contribution < 1.29 is 146 Å². The van der Waals surface area contributed by atoms with E-state index in [4.69, 9.17) is 19.0 Å². The number of hydrogen-bond acceptors (Lipinski definition) is 9. The molecule has 33 heavy (non-hydrogen) atoms. The molecule has 0 amide bonds. The minimum Gasteiger partial charge on any atom is -1.00 e. The van der Waals surface area contributed by atoms with Gasteiger partial charge in [-0.2, -0.15) is 0 Å². The Morgan fingerprint density at radius 1 is 0.818 bits per heavy atom. The Morgan fingerprint density at radius 2 is 1.12 bits per heavy atom. The van der Waals surface area contributed by atoms with Crippen LogP contribution >= 0.6 is 0 Å². The first kappa shape index (κ1) is 41.0. The van der Waals surface area contributed by atoms with Crippen LogP contribution < -0.4 is 99.7 Å². The summed E-state index contributed by atoms with van der Waals surface area (Å²) in [4.78, 5) is 46.3. The van der Waals surface area contributed by atoms with Crippen molar-refractivity contribution in [1.29, 1.82) is 0 Å². The Morgan fingerprint density at radius 3 is 1.33 bits per heavy atom. The minimum absolute atomic E-state index is 0. The van der Waals surface area contributed by atoms with Gasteiger partial charge in [-0.15, -0.1) is 0 Å². The molecular formula is C16H33N2Na3O11Si. The minimum atomic E-state index is -3.56. The van der Waals surface area contributed by atoms with Crippen molar-refractivity contribution in [3.05, 3.63) is 0 Å². The molecule has 0 aromatic carbocycles. The maximum atomic E-state index is 11.7. The third kappa shape index (κ3) is 11.7. The number of nitrogens with one attached hydrogen (secondary N) is 1. The number of hydrogen-bond donors (Lipinski definition) is 6. The van der Waals surface area contributed by atoms with Crippen molar-refractivity contribution in [3.8, 4) is 0 Å². The number of carboxylic acid groups (broad SMARTS) is 4. The molecule has 0 heterocycles. The second kappa shape index (κ2) is 18.2. The van der Waals surface area contributed by atoms with E-state index in [0.29, 0.717) is 0 Å². The largest absolute Gasteiger partial charge is 1.00 e. The maximum absolute atomic E-state index is 11.7. The van der Waals surface area contributed by atoms with E-state index < -0.39 is 75.1 Å². The average molecular weight is 526 g/mol. The summed E-state index contributed by atoms with van der Waals surface area (Å²) in [5, 5.41) is 40.4. The van der Waals surface area contributed by atoms with Crippen LogP contribution in [0.25, 0.3) is 0 Å². The third-order valence-corrected chi connectivity index (χ3v) is 8.04. The van der Waals surface area contributed by atoms with E-state index in [1.165, 1.54) is 21.3 Å². The van der Waals surface area contributed by atoms with Gasteiger partial charge >= 0.3 is 121 Å². The summed E-state index contributed by atoms with van der Waals surface area (Å²) in [7, 11) is 0.280. The van der Waals surface area contributed by atoms with Crippen LogP contribution in [0.3, 0.4) is 0 Å². The van der Waals surface area contributed by atoms with E-state index in [1.807, 2.05) is 0 Å². The molecule has 0 rings (SSSR count). The summed E-state index contributed by atoms with van der Waals surface area (Å²) in [5.74, 6) is -6.07. The molecule has 0 aliphatic carbocycles. The van der Waals surface area contributed by atoms with Gasteiger partial charge in [0.25, 0.3) is 0 Å². The van der Waals surface area contributed by atoms with E-state index >= 15 is 0 Å². The second-order valence-corrected chi connectivity index (χ2v) is 9.97. The molecule has 0 radical (unpaired) electrons. The topological polar surface area (TPSA) is 215 Å². The van der Waals surface area contributed by atoms with Gasteiger partial charge in [0.05, 0.1) is 42.4 Å². The van der Waals surface area contributed by atoms with Gasteiger partial charge in [0.1, 0.15) is 0 Å². The molecule has 13 nitrogen and oxygen atoms in total. The zero-order valence-corrected chi connectivity index (χ0v) is 27.3. The zero-order chi connectivity index (χ0) is 23.8. The summed E-state index contributed by atoms with van der Waals surface area (Å²) >= 11 is 0. The van der Waals surface area contributed by atoms with Crippen molar-refractivity contribution >= 4 is 32.7 Å². The monoisotopic (exact) mass is 526 g/mol. The predicted octanol–water partition coefficient (Wildman–Crippen LogP) is -9.54. The fraction of sp³-hybridized carbons (Fsp3) is 0.750. The SMILES string of the molecule is CCC(NC(CC(=O)O)(CC(=O)O)C(N)(CC(=O)O)CC(=O)O)[Si](OC)(OC)OC.[H-].[H-].[H-].[Na+].[Na+].[Na+]. The Balaban J connectivity index is -0.000000280. The van der Waals surface area contributed by atoms with Gasteiger partial charge < -0.3 is 49.0 Å². The van der Waals surface area contributed by atoms with Crippen LogP contribution in [-0.2, 0) is 32.5 Å². The third-order valence-electron chi connectivity index (χ3n) is 4.93. The summed E-state index contributed by atoms with van der Waals surface area (Å²) in [5.41, 5.74) is 0.760. The van der Waals surface area contributed by atoms with Crippen molar-refractivity contribution in [2.24, 2.45) is 5.73 Å². The van der Waals surface area contributed by atoms with Gasteiger partial charge in [0.15, 0.2) is 0 Å². The Hall–Kier alpha value is 0.897. The fourth-order valence-electron chi connectivity index (χ4n) is 3.57. The summed E-state index contributed by atoms with van der Waals surface area (Å²) < 4.78 is 16.2. The van der Waals surface area contributed by atoms with Crippen LogP contribution in [0.4, 0.5) is 0 Å². The first-order chi connectivity index (χ1) is 13.8. The Bertz CT molecular complexity index is 628. The van der Waals surface area contributed by atoms with Crippen molar-refractivity contribution in [2.45, 2.75) is 55.8 Å². The zero-order valence-electron chi connectivity index (χ0n) is 23.3. The Kier molecular flexibility index (Phi) is 22.6. The van der Waals surface area contributed by atoms with E-state index in [-0.39, 0.29) is 99.4 Å². The molecule has 0 saturated carbocycles. The molecule has 180 valence electrons. The van der Waals surface area contributed by atoms with Crippen LogP contribution in [0.15, 0.2) is 0 Å². The molecule has 17 heteroatoms. The molecule has 0 bridgehead atoms. The van der Waals surface area contributed by atoms with Gasteiger partial charge in [-0.1, -0.05) is 6.92 Å². The maximum Gasteiger partial charge on any atom is 1.00 e. The van der Waals surface area contributed by atoms with Gasteiger partial charge in [0, 0.05) is 21.3 Å². The van der Waals surface area contributed by atoms with E-state index in [1.54, 1.807) is 6.92 Å². The van der Waals surface area contributed by atoms with Crippen LogP contribution in [0.2, 0.25) is 0 Å². The molecule has 0 saturated heterocycles. The molecule has 0 aliphatic rings. The van der Waals surface area contributed by atoms with E-state index in [9.17, 15) is 39.6 Å². The molecular weight excluding hydrogens is 493 g/mol. The van der Waals surface area contributed by atoms with Crippen LogP contribution in [0.5, 0.6) is 0 Å². The molecule has 0 fully saturated rings. The molecule has 1 unspecified atom stereocenters. The van der Waals surface area contributed by atoms with Gasteiger partial charge in [0.2, 0.25) is 0 Å². The number of aliphatic carboxylic acids is 4. The summed E-state index contributed by atoms with van der Waals surface area (Å²) in [6, 6.07) is 0. The number of rotatable bonds is 16. The van der Waals surface area contributed by atoms with Crippen molar-refractivity contribution in [2.75, 3.05) is 21.3 Å². The standard InChI is InChI=1S/C16H30N2O11Si.3Na.3H/c1-5-10(30(27-2,28-3)29-4)18-16(8-13(23)24,9-14(25)26)15(17,6-11(19)20)7-12(21)22;;;;;;/h10,18H,5-9,17H2,1-4H3,(H,19,20)(H,21,22)(H,23,24)(H,25,26);;;;;;/q;3*+1;3*-1. The van der Waals surface area contributed by atoms with Crippen LogP contribution in [-0.4, -0.2) is 91.2 Å². The van der Waals surface area contributed by atoms with Gasteiger partial charge in [-0.3, -0.25) is 19.2 Å². The molecule has 0 aromatic heterocycles. The first-order valence-electron chi connectivity index (χ1n) is 8.86. The molecule has 0 spiro atoms. The number of carboxylic acids is 4. The van der Waals surface area contributed by atoms with E-state index in [0.717, 1.165) is 0 Å². The molecule has 0 aromatic rings. The smallest absolute Gasteiger partial charge is 1.00 e. The normalized spacial score (nSPS) is 12.4. The Labute approximate surface area is 264 Å². The van der Waals surface area contributed by atoms with Gasteiger partial charge in [-0.05, 0) is 6.42 Å². The predicted molar refractivity (Wildman–Crippen MR) is 106 cm³/mol. The average Bonchev–Trinajstić information content (AvgIpc) is 2.59. The van der Waals surface area contributed by atoms with Crippen molar-refractivity contribution in [1.82, 2.24) is 5.32 Å². The van der Waals surface area contributed by atoms with Crippen molar-refractivity contribution in [3.63, 3.8) is 0 Å². The quantitative estimate of drug-likeness (QED) is 0.103.